The Bertz CT molecular complexity index is 943. The normalized spacial score (nSPS) is 16.3. The van der Waals surface area contributed by atoms with Gasteiger partial charge in [0.2, 0.25) is 0 Å². The second-order valence-electron chi connectivity index (χ2n) is 6.44. The van der Waals surface area contributed by atoms with Crippen molar-refractivity contribution in [2.24, 2.45) is 0 Å². The number of carbonyl (C=O) groups excluding carboxylic acids is 1. The third-order valence-corrected chi connectivity index (χ3v) is 5.72. The highest BCUT2D eigenvalue weighted by molar-refractivity contribution is 8.26. The summed E-state index contributed by atoms with van der Waals surface area (Å²) in [7, 11) is 0. The number of para-hydroxylation sites is 1. The Morgan fingerprint density at radius 1 is 1.21 bits per heavy atom. The number of rotatable bonds is 8. The molecule has 1 N–H and O–H groups in total. The van der Waals surface area contributed by atoms with E-state index in [2.05, 4.69) is 6.92 Å². The Kier molecular flexibility index (Phi) is 7.06. The molecular formula is C22H21NO4S2. The molecule has 0 saturated carbocycles. The molecule has 1 aliphatic heterocycles. The highest BCUT2D eigenvalue weighted by Crippen LogP contribution is 2.39. The number of hydrogen-bond acceptors (Lipinski definition) is 5. The predicted octanol–water partition coefficient (Wildman–Crippen LogP) is 4.89. The van der Waals surface area contributed by atoms with Crippen LogP contribution in [0.5, 0.6) is 5.75 Å². The minimum Gasteiger partial charge on any atom is -0.493 e. The molecule has 3 rings (SSSR count). The summed E-state index contributed by atoms with van der Waals surface area (Å²) in [6.45, 7) is 2.68. The fourth-order valence-corrected chi connectivity index (χ4v) is 4.24. The van der Waals surface area contributed by atoms with Crippen LogP contribution in [0.1, 0.15) is 36.9 Å². The number of thiocarbonyl (C=S) groups is 1. The monoisotopic (exact) mass is 427 g/mol. The number of carboxylic acid groups (broad SMARTS) is 1. The van der Waals surface area contributed by atoms with Crippen LogP contribution >= 0.6 is 24.0 Å². The van der Waals surface area contributed by atoms with Gasteiger partial charge in [0.1, 0.15) is 10.1 Å². The first-order valence-corrected chi connectivity index (χ1v) is 10.5. The molecule has 5 nitrogen and oxygen atoms in total. The zero-order valence-corrected chi connectivity index (χ0v) is 17.5. The second kappa shape index (κ2) is 9.71. The van der Waals surface area contributed by atoms with E-state index in [0.717, 1.165) is 30.2 Å². The van der Waals surface area contributed by atoms with Crippen LogP contribution in [0.3, 0.4) is 0 Å². The summed E-state index contributed by atoms with van der Waals surface area (Å²) in [5.74, 6) is -0.860. The first-order chi connectivity index (χ1) is 14.0. The first-order valence-electron chi connectivity index (χ1n) is 9.29. The van der Waals surface area contributed by atoms with Crippen LogP contribution < -0.4 is 4.74 Å². The van der Waals surface area contributed by atoms with Crippen molar-refractivity contribution in [1.29, 1.82) is 0 Å². The maximum atomic E-state index is 13.1. The van der Waals surface area contributed by atoms with E-state index in [-0.39, 0.29) is 4.32 Å². The van der Waals surface area contributed by atoms with Crippen molar-refractivity contribution >= 4 is 46.3 Å². The van der Waals surface area contributed by atoms with Gasteiger partial charge in [-0.3, -0.25) is 9.69 Å². The summed E-state index contributed by atoms with van der Waals surface area (Å²) >= 11 is 6.46. The number of aliphatic carboxylic acids is 1. The molecule has 0 aliphatic carbocycles. The lowest BCUT2D eigenvalue weighted by molar-refractivity contribution is -0.145. The van der Waals surface area contributed by atoms with E-state index in [0.29, 0.717) is 22.8 Å². The molecule has 1 amide bonds. The first kappa shape index (κ1) is 21.1. The van der Waals surface area contributed by atoms with Crippen molar-refractivity contribution in [3.63, 3.8) is 0 Å². The van der Waals surface area contributed by atoms with Crippen molar-refractivity contribution in [1.82, 2.24) is 4.90 Å². The number of benzene rings is 2. The fourth-order valence-electron chi connectivity index (χ4n) is 2.94. The molecule has 2 aromatic carbocycles. The predicted molar refractivity (Wildman–Crippen MR) is 119 cm³/mol. The maximum absolute atomic E-state index is 13.1. The topological polar surface area (TPSA) is 66.8 Å². The number of hydrogen-bond donors (Lipinski definition) is 1. The van der Waals surface area contributed by atoms with E-state index in [4.69, 9.17) is 17.0 Å². The van der Waals surface area contributed by atoms with Gasteiger partial charge < -0.3 is 9.84 Å². The molecule has 0 radical (unpaired) electrons. The molecule has 1 unspecified atom stereocenters. The minimum absolute atomic E-state index is 0.224. The summed E-state index contributed by atoms with van der Waals surface area (Å²) in [4.78, 5) is 26.5. The SMILES string of the molecule is CCCCOc1ccccc1/C=C1/SC(=S)N(C(C(=O)O)c2ccccc2)C1=O. The van der Waals surface area contributed by atoms with Crippen molar-refractivity contribution < 1.29 is 19.4 Å². The molecule has 1 saturated heterocycles. The van der Waals surface area contributed by atoms with Gasteiger partial charge in [-0.25, -0.2) is 4.79 Å². The fraction of sp³-hybridized carbons (Fsp3) is 0.227. The van der Waals surface area contributed by atoms with Crippen LogP contribution in [0.2, 0.25) is 0 Å². The standard InChI is InChI=1S/C22H21NO4S2/c1-2-3-13-27-17-12-8-7-11-16(17)14-18-20(24)23(22(28)29-18)19(21(25)26)15-9-5-4-6-10-15/h4-12,14,19H,2-3,13H2,1H3,(H,25,26)/b18-14+. The highest BCUT2D eigenvalue weighted by Gasteiger charge is 2.41. The Labute approximate surface area is 179 Å². The molecule has 7 heteroatoms. The number of nitrogens with zero attached hydrogens (tertiary/aromatic N) is 1. The minimum atomic E-state index is -1.16. The summed E-state index contributed by atoms with van der Waals surface area (Å²) in [6, 6.07) is 14.9. The molecule has 150 valence electrons. The van der Waals surface area contributed by atoms with Crippen LogP contribution in [-0.4, -0.2) is 32.8 Å². The van der Waals surface area contributed by atoms with Gasteiger partial charge in [-0.05, 0) is 24.1 Å². The van der Waals surface area contributed by atoms with Crippen LogP contribution in [0.25, 0.3) is 6.08 Å². The lowest BCUT2D eigenvalue weighted by Crippen LogP contribution is -2.37. The van der Waals surface area contributed by atoms with Gasteiger partial charge in [0.25, 0.3) is 5.91 Å². The average Bonchev–Trinajstić information content (AvgIpc) is 2.98. The van der Waals surface area contributed by atoms with E-state index >= 15 is 0 Å². The summed E-state index contributed by atoms with van der Waals surface area (Å²) in [5.41, 5.74) is 1.26. The molecule has 1 aliphatic rings. The summed E-state index contributed by atoms with van der Waals surface area (Å²) in [6.07, 6.45) is 3.68. The molecular weight excluding hydrogens is 406 g/mol. The van der Waals surface area contributed by atoms with Gasteiger partial charge >= 0.3 is 5.97 Å². The Hall–Kier alpha value is -2.64. The van der Waals surface area contributed by atoms with Crippen LogP contribution in [-0.2, 0) is 9.59 Å². The lowest BCUT2D eigenvalue weighted by atomic mass is 10.1. The largest absolute Gasteiger partial charge is 0.493 e. The molecule has 1 atom stereocenters. The third kappa shape index (κ3) is 4.86. The second-order valence-corrected chi connectivity index (χ2v) is 8.12. The van der Waals surface area contributed by atoms with E-state index in [1.54, 1.807) is 36.4 Å². The van der Waals surface area contributed by atoms with Crippen molar-refractivity contribution in [3.05, 3.63) is 70.6 Å². The molecule has 29 heavy (non-hydrogen) atoms. The number of unbranched alkanes of at least 4 members (excludes halogenated alkanes) is 1. The molecule has 0 bridgehead atoms. The van der Waals surface area contributed by atoms with Gasteiger partial charge in [0.05, 0.1) is 11.5 Å². The number of carbonyl (C=O) groups is 2. The van der Waals surface area contributed by atoms with Crippen LogP contribution in [0.4, 0.5) is 0 Å². The third-order valence-electron chi connectivity index (χ3n) is 4.39. The zero-order chi connectivity index (χ0) is 20.8. The molecule has 0 spiro atoms. The van der Waals surface area contributed by atoms with Gasteiger partial charge in [-0.2, -0.15) is 0 Å². The number of thioether (sulfide) groups is 1. The van der Waals surface area contributed by atoms with Crippen LogP contribution in [0, 0.1) is 0 Å². The van der Waals surface area contributed by atoms with Gasteiger partial charge in [0, 0.05) is 5.56 Å². The Balaban J connectivity index is 1.90. The van der Waals surface area contributed by atoms with Crippen molar-refractivity contribution in [3.8, 4) is 5.75 Å². The quantitative estimate of drug-likeness (QED) is 0.367. The summed E-state index contributed by atoms with van der Waals surface area (Å²) < 4.78 is 6.05. The number of amides is 1. The molecule has 0 aromatic heterocycles. The lowest BCUT2D eigenvalue weighted by Gasteiger charge is -2.23. The van der Waals surface area contributed by atoms with Gasteiger partial charge in [-0.1, -0.05) is 85.9 Å². The smallest absolute Gasteiger partial charge is 0.331 e. The highest BCUT2D eigenvalue weighted by atomic mass is 32.2. The van der Waals surface area contributed by atoms with Gasteiger partial charge in [-0.15, -0.1) is 0 Å². The Morgan fingerprint density at radius 2 is 1.90 bits per heavy atom. The van der Waals surface area contributed by atoms with E-state index in [1.807, 2.05) is 24.3 Å². The average molecular weight is 428 g/mol. The van der Waals surface area contributed by atoms with Gasteiger partial charge in [0.15, 0.2) is 6.04 Å². The van der Waals surface area contributed by atoms with E-state index < -0.39 is 17.9 Å². The van der Waals surface area contributed by atoms with Crippen molar-refractivity contribution in [2.45, 2.75) is 25.8 Å². The summed E-state index contributed by atoms with van der Waals surface area (Å²) in [5, 5.41) is 9.76. The van der Waals surface area contributed by atoms with E-state index in [9.17, 15) is 14.7 Å². The maximum Gasteiger partial charge on any atom is 0.331 e. The molecule has 1 heterocycles. The zero-order valence-electron chi connectivity index (χ0n) is 15.9. The molecule has 1 fully saturated rings. The molecule has 2 aromatic rings. The van der Waals surface area contributed by atoms with Crippen molar-refractivity contribution in [2.75, 3.05) is 6.61 Å². The number of ether oxygens (including phenoxy) is 1. The van der Waals surface area contributed by atoms with Crippen LogP contribution in [0.15, 0.2) is 59.5 Å². The van der Waals surface area contributed by atoms with E-state index in [1.165, 1.54) is 4.90 Å². The number of carboxylic acids is 1. The Morgan fingerprint density at radius 3 is 2.59 bits per heavy atom.